The molecule has 16 heavy (non-hydrogen) atoms. The average molecular weight is 223 g/mol. The van der Waals surface area contributed by atoms with Gasteiger partial charge >= 0.3 is 0 Å². The van der Waals surface area contributed by atoms with E-state index >= 15 is 0 Å². The van der Waals surface area contributed by atoms with Crippen molar-refractivity contribution in [3.8, 4) is 11.5 Å². The summed E-state index contributed by atoms with van der Waals surface area (Å²) in [7, 11) is 0. The molecule has 0 saturated heterocycles. The lowest BCUT2D eigenvalue weighted by Gasteiger charge is -2.16. The van der Waals surface area contributed by atoms with E-state index in [1.54, 1.807) is 6.07 Å². The molecule has 0 aromatic heterocycles. The van der Waals surface area contributed by atoms with Gasteiger partial charge in [0, 0.05) is 12.6 Å². The maximum Gasteiger partial charge on any atom is 0.157 e. The Kier molecular flexibility index (Phi) is 4.62. The normalized spacial score (nSPS) is 13.0. The molecule has 1 rings (SSSR count). The van der Waals surface area contributed by atoms with Gasteiger partial charge in [0.25, 0.3) is 0 Å². The van der Waals surface area contributed by atoms with Crippen LogP contribution in [-0.4, -0.2) is 16.3 Å². The fraction of sp³-hybridized carbons (Fsp3) is 0.538. The smallest absolute Gasteiger partial charge is 0.157 e. The van der Waals surface area contributed by atoms with Crippen molar-refractivity contribution >= 4 is 0 Å². The molecular formula is C13H21NO2. The van der Waals surface area contributed by atoms with Gasteiger partial charge in [0.15, 0.2) is 11.5 Å². The van der Waals surface area contributed by atoms with Gasteiger partial charge in [-0.3, -0.25) is 0 Å². The molecule has 3 heteroatoms. The van der Waals surface area contributed by atoms with E-state index in [0.29, 0.717) is 18.5 Å². The van der Waals surface area contributed by atoms with Gasteiger partial charge in [-0.05, 0) is 37.0 Å². The van der Waals surface area contributed by atoms with Gasteiger partial charge in [-0.1, -0.05) is 19.9 Å². The molecule has 0 bridgehead atoms. The standard InChI is InChI=1S/C13H21NO2/c1-9(2)6-10(3)14-8-11-4-5-12(15)13(16)7-11/h4-5,7,9-10,14-16H,6,8H2,1-3H3. The Bertz CT molecular complexity index is 337. The quantitative estimate of drug-likeness (QED) is 0.673. The van der Waals surface area contributed by atoms with Gasteiger partial charge < -0.3 is 15.5 Å². The predicted molar refractivity (Wildman–Crippen MR) is 65.5 cm³/mol. The molecule has 0 amide bonds. The Labute approximate surface area is 97.1 Å². The van der Waals surface area contributed by atoms with Crippen LogP contribution < -0.4 is 5.32 Å². The highest BCUT2D eigenvalue weighted by molar-refractivity contribution is 5.40. The van der Waals surface area contributed by atoms with Gasteiger partial charge in [-0.15, -0.1) is 0 Å². The molecule has 1 atom stereocenters. The summed E-state index contributed by atoms with van der Waals surface area (Å²) in [6, 6.07) is 5.37. The first-order valence-electron chi connectivity index (χ1n) is 5.73. The summed E-state index contributed by atoms with van der Waals surface area (Å²) in [4.78, 5) is 0. The van der Waals surface area contributed by atoms with E-state index in [2.05, 4.69) is 26.1 Å². The summed E-state index contributed by atoms with van der Waals surface area (Å²) in [5, 5.41) is 21.9. The minimum atomic E-state index is -0.0704. The van der Waals surface area contributed by atoms with E-state index in [-0.39, 0.29) is 11.5 Å². The van der Waals surface area contributed by atoms with Gasteiger partial charge in [-0.25, -0.2) is 0 Å². The van der Waals surface area contributed by atoms with Gasteiger partial charge in [-0.2, -0.15) is 0 Å². The Balaban J connectivity index is 2.45. The summed E-state index contributed by atoms with van der Waals surface area (Å²) in [5.74, 6) is 0.547. The Morgan fingerprint density at radius 1 is 1.12 bits per heavy atom. The molecule has 3 N–H and O–H groups in total. The maximum absolute atomic E-state index is 9.33. The first-order valence-corrected chi connectivity index (χ1v) is 5.73. The SMILES string of the molecule is CC(C)CC(C)NCc1ccc(O)c(O)c1. The van der Waals surface area contributed by atoms with Crippen molar-refractivity contribution in [1.29, 1.82) is 0 Å². The van der Waals surface area contributed by atoms with Gasteiger partial charge in [0.05, 0.1) is 0 Å². The first-order chi connectivity index (χ1) is 7.49. The number of rotatable bonds is 5. The van der Waals surface area contributed by atoms with Crippen LogP contribution in [0.1, 0.15) is 32.8 Å². The second kappa shape index (κ2) is 5.75. The second-order valence-corrected chi connectivity index (χ2v) is 4.73. The summed E-state index contributed by atoms with van der Waals surface area (Å²) >= 11 is 0. The molecule has 0 aliphatic heterocycles. The van der Waals surface area contributed by atoms with Crippen LogP contribution in [0.3, 0.4) is 0 Å². The van der Waals surface area contributed by atoms with Crippen molar-refractivity contribution < 1.29 is 10.2 Å². The molecule has 1 aromatic rings. The predicted octanol–water partition coefficient (Wildman–Crippen LogP) is 2.62. The third-order valence-electron chi connectivity index (χ3n) is 2.52. The van der Waals surface area contributed by atoms with Crippen molar-refractivity contribution in [3.63, 3.8) is 0 Å². The zero-order valence-corrected chi connectivity index (χ0v) is 10.2. The first kappa shape index (κ1) is 12.8. The average Bonchev–Trinajstić information content (AvgIpc) is 2.19. The highest BCUT2D eigenvalue weighted by Crippen LogP contribution is 2.24. The molecule has 0 saturated carbocycles. The monoisotopic (exact) mass is 223 g/mol. The lowest BCUT2D eigenvalue weighted by molar-refractivity contribution is 0.402. The molecule has 0 heterocycles. The number of phenols is 2. The van der Waals surface area contributed by atoms with Gasteiger partial charge in [0.1, 0.15) is 0 Å². The van der Waals surface area contributed by atoms with Crippen molar-refractivity contribution in [2.75, 3.05) is 0 Å². The highest BCUT2D eigenvalue weighted by Gasteiger charge is 2.05. The van der Waals surface area contributed by atoms with Crippen LogP contribution in [0.5, 0.6) is 11.5 Å². The molecule has 0 fully saturated rings. The van der Waals surface area contributed by atoms with E-state index in [1.165, 1.54) is 6.07 Å². The number of hydrogen-bond donors (Lipinski definition) is 3. The summed E-state index contributed by atoms with van der Waals surface area (Å²) in [6.45, 7) is 7.26. The lowest BCUT2D eigenvalue weighted by Crippen LogP contribution is -2.26. The Morgan fingerprint density at radius 2 is 1.81 bits per heavy atom. The number of nitrogens with one attached hydrogen (secondary N) is 1. The molecule has 1 unspecified atom stereocenters. The number of benzene rings is 1. The molecule has 0 aliphatic rings. The highest BCUT2D eigenvalue weighted by atomic mass is 16.3. The van der Waals surface area contributed by atoms with Crippen LogP contribution in [0.2, 0.25) is 0 Å². The minimum absolute atomic E-state index is 0.0594. The summed E-state index contributed by atoms with van der Waals surface area (Å²) in [6.07, 6.45) is 1.13. The molecule has 0 aliphatic carbocycles. The van der Waals surface area contributed by atoms with E-state index in [9.17, 15) is 5.11 Å². The van der Waals surface area contributed by atoms with Crippen molar-refractivity contribution in [2.24, 2.45) is 5.92 Å². The van der Waals surface area contributed by atoms with Crippen LogP contribution in [0, 0.1) is 5.92 Å². The number of hydrogen-bond acceptors (Lipinski definition) is 3. The molecule has 0 spiro atoms. The van der Waals surface area contributed by atoms with Crippen LogP contribution in [0.25, 0.3) is 0 Å². The fourth-order valence-electron chi connectivity index (χ4n) is 1.76. The van der Waals surface area contributed by atoms with Crippen LogP contribution in [-0.2, 0) is 6.54 Å². The Hall–Kier alpha value is -1.22. The zero-order chi connectivity index (χ0) is 12.1. The summed E-state index contributed by atoms with van der Waals surface area (Å²) < 4.78 is 0. The van der Waals surface area contributed by atoms with E-state index in [4.69, 9.17) is 5.11 Å². The fourth-order valence-corrected chi connectivity index (χ4v) is 1.76. The van der Waals surface area contributed by atoms with Crippen LogP contribution >= 0.6 is 0 Å². The molecule has 0 radical (unpaired) electrons. The maximum atomic E-state index is 9.33. The summed E-state index contributed by atoms with van der Waals surface area (Å²) in [5.41, 5.74) is 0.978. The topological polar surface area (TPSA) is 52.5 Å². The zero-order valence-electron chi connectivity index (χ0n) is 10.2. The molecular weight excluding hydrogens is 202 g/mol. The van der Waals surface area contributed by atoms with Crippen LogP contribution in [0.4, 0.5) is 0 Å². The molecule has 3 nitrogen and oxygen atoms in total. The van der Waals surface area contributed by atoms with Crippen molar-refractivity contribution in [3.05, 3.63) is 23.8 Å². The van der Waals surface area contributed by atoms with Crippen LogP contribution in [0.15, 0.2) is 18.2 Å². The second-order valence-electron chi connectivity index (χ2n) is 4.73. The van der Waals surface area contributed by atoms with E-state index in [0.717, 1.165) is 12.0 Å². The number of aromatic hydroxyl groups is 2. The third-order valence-corrected chi connectivity index (χ3v) is 2.52. The van der Waals surface area contributed by atoms with Crippen molar-refractivity contribution in [2.45, 2.75) is 39.8 Å². The molecule has 90 valence electrons. The van der Waals surface area contributed by atoms with Gasteiger partial charge in [0.2, 0.25) is 0 Å². The molecule has 1 aromatic carbocycles. The third kappa shape index (κ3) is 4.11. The largest absolute Gasteiger partial charge is 0.504 e. The van der Waals surface area contributed by atoms with Crippen molar-refractivity contribution in [1.82, 2.24) is 5.32 Å². The minimum Gasteiger partial charge on any atom is -0.504 e. The van der Waals surface area contributed by atoms with E-state index in [1.807, 2.05) is 6.07 Å². The number of phenolic OH excluding ortho intramolecular Hbond substituents is 2. The Morgan fingerprint density at radius 3 is 2.38 bits per heavy atom. The lowest BCUT2D eigenvalue weighted by atomic mass is 10.0. The van der Waals surface area contributed by atoms with E-state index < -0.39 is 0 Å².